The van der Waals surface area contributed by atoms with Gasteiger partial charge in [-0.25, -0.2) is 4.79 Å². The van der Waals surface area contributed by atoms with E-state index in [-0.39, 0.29) is 18.0 Å². The molecule has 21 heavy (non-hydrogen) atoms. The SMILES string of the molecule is CCc1cccc(NC(=O)N[C@H](C)C(=O)N[C@H](C)CC)c1. The maximum Gasteiger partial charge on any atom is 0.319 e. The normalized spacial score (nSPS) is 13.1. The summed E-state index contributed by atoms with van der Waals surface area (Å²) in [7, 11) is 0. The number of hydrogen-bond donors (Lipinski definition) is 3. The monoisotopic (exact) mass is 291 g/mol. The van der Waals surface area contributed by atoms with Crippen LogP contribution in [-0.4, -0.2) is 24.0 Å². The summed E-state index contributed by atoms with van der Waals surface area (Å²) in [5.41, 5.74) is 1.87. The van der Waals surface area contributed by atoms with Crippen molar-refractivity contribution < 1.29 is 9.59 Å². The molecule has 0 aliphatic rings. The minimum Gasteiger partial charge on any atom is -0.352 e. The fourth-order valence-corrected chi connectivity index (χ4v) is 1.77. The molecule has 0 fully saturated rings. The zero-order chi connectivity index (χ0) is 15.8. The smallest absolute Gasteiger partial charge is 0.319 e. The zero-order valence-corrected chi connectivity index (χ0v) is 13.2. The van der Waals surface area contributed by atoms with Gasteiger partial charge in [-0.3, -0.25) is 4.79 Å². The van der Waals surface area contributed by atoms with E-state index in [1.807, 2.05) is 38.1 Å². The van der Waals surface area contributed by atoms with Crippen LogP contribution in [0.5, 0.6) is 0 Å². The summed E-state index contributed by atoms with van der Waals surface area (Å²) in [6.45, 7) is 7.65. The van der Waals surface area contributed by atoms with Crippen molar-refractivity contribution in [2.24, 2.45) is 0 Å². The van der Waals surface area contributed by atoms with Crippen molar-refractivity contribution in [1.29, 1.82) is 0 Å². The summed E-state index contributed by atoms with van der Waals surface area (Å²) in [5.74, 6) is -0.179. The molecule has 0 heterocycles. The summed E-state index contributed by atoms with van der Waals surface area (Å²) in [6, 6.07) is 6.79. The first-order valence-electron chi connectivity index (χ1n) is 7.43. The van der Waals surface area contributed by atoms with Crippen molar-refractivity contribution in [3.05, 3.63) is 29.8 Å². The Morgan fingerprint density at radius 1 is 1.14 bits per heavy atom. The molecule has 0 saturated carbocycles. The van der Waals surface area contributed by atoms with Gasteiger partial charge in [-0.05, 0) is 44.4 Å². The number of aryl methyl sites for hydroxylation is 1. The van der Waals surface area contributed by atoms with E-state index in [0.717, 1.165) is 24.1 Å². The molecule has 116 valence electrons. The minimum atomic E-state index is -0.576. The summed E-state index contributed by atoms with van der Waals surface area (Å²) in [6.07, 6.45) is 1.76. The first kappa shape index (κ1) is 17.0. The van der Waals surface area contributed by atoms with Gasteiger partial charge in [0, 0.05) is 11.7 Å². The van der Waals surface area contributed by atoms with E-state index < -0.39 is 6.04 Å². The highest BCUT2D eigenvalue weighted by Crippen LogP contribution is 2.10. The summed E-state index contributed by atoms with van der Waals surface area (Å²) >= 11 is 0. The topological polar surface area (TPSA) is 70.2 Å². The molecule has 5 heteroatoms. The van der Waals surface area contributed by atoms with E-state index in [1.165, 1.54) is 0 Å². The van der Waals surface area contributed by atoms with Gasteiger partial charge in [-0.15, -0.1) is 0 Å². The molecule has 3 N–H and O–H groups in total. The van der Waals surface area contributed by atoms with Gasteiger partial charge in [0.2, 0.25) is 5.91 Å². The van der Waals surface area contributed by atoms with Gasteiger partial charge in [0.1, 0.15) is 6.04 Å². The zero-order valence-electron chi connectivity index (χ0n) is 13.2. The van der Waals surface area contributed by atoms with E-state index in [4.69, 9.17) is 0 Å². The number of rotatable bonds is 6. The molecule has 0 aliphatic carbocycles. The average Bonchev–Trinajstić information content (AvgIpc) is 2.46. The van der Waals surface area contributed by atoms with Crippen LogP contribution in [0.4, 0.5) is 10.5 Å². The van der Waals surface area contributed by atoms with Gasteiger partial charge in [0.05, 0.1) is 0 Å². The Hall–Kier alpha value is -2.04. The van der Waals surface area contributed by atoms with E-state index in [9.17, 15) is 9.59 Å². The van der Waals surface area contributed by atoms with Crippen LogP contribution in [0.1, 0.15) is 39.7 Å². The van der Waals surface area contributed by atoms with Crippen molar-refractivity contribution in [3.8, 4) is 0 Å². The molecule has 0 spiro atoms. The number of carbonyl (C=O) groups is 2. The van der Waals surface area contributed by atoms with Crippen molar-refractivity contribution in [3.63, 3.8) is 0 Å². The van der Waals surface area contributed by atoms with Crippen LogP contribution in [0.25, 0.3) is 0 Å². The second-order valence-electron chi connectivity index (χ2n) is 5.19. The number of benzene rings is 1. The molecule has 5 nitrogen and oxygen atoms in total. The number of nitrogens with one attached hydrogen (secondary N) is 3. The highest BCUT2D eigenvalue weighted by molar-refractivity contribution is 5.93. The molecule has 0 unspecified atom stereocenters. The van der Waals surface area contributed by atoms with Gasteiger partial charge in [-0.1, -0.05) is 26.0 Å². The van der Waals surface area contributed by atoms with Crippen molar-refractivity contribution in [2.45, 2.75) is 52.6 Å². The quantitative estimate of drug-likeness (QED) is 0.754. The van der Waals surface area contributed by atoms with E-state index in [2.05, 4.69) is 22.9 Å². The third-order valence-electron chi connectivity index (χ3n) is 3.34. The largest absolute Gasteiger partial charge is 0.352 e. The maximum absolute atomic E-state index is 11.9. The average molecular weight is 291 g/mol. The Kier molecular flexibility index (Phi) is 6.72. The minimum absolute atomic E-state index is 0.103. The number of hydrogen-bond acceptors (Lipinski definition) is 2. The molecule has 0 aliphatic heterocycles. The first-order chi connectivity index (χ1) is 9.96. The predicted octanol–water partition coefficient (Wildman–Crippen LogP) is 2.67. The van der Waals surface area contributed by atoms with Crippen LogP contribution in [0.3, 0.4) is 0 Å². The Morgan fingerprint density at radius 3 is 2.48 bits per heavy atom. The van der Waals surface area contributed by atoms with Crippen LogP contribution in [0, 0.1) is 0 Å². The molecule has 2 atom stereocenters. The molecule has 0 bridgehead atoms. The van der Waals surface area contributed by atoms with Gasteiger partial charge < -0.3 is 16.0 Å². The highest BCUT2D eigenvalue weighted by Gasteiger charge is 2.16. The lowest BCUT2D eigenvalue weighted by Crippen LogP contribution is -2.48. The number of urea groups is 1. The second kappa shape index (κ2) is 8.29. The lowest BCUT2D eigenvalue weighted by Gasteiger charge is -2.17. The molecule has 1 aromatic rings. The van der Waals surface area contributed by atoms with E-state index in [1.54, 1.807) is 6.92 Å². The lowest BCUT2D eigenvalue weighted by atomic mass is 10.1. The van der Waals surface area contributed by atoms with E-state index in [0.29, 0.717) is 0 Å². The van der Waals surface area contributed by atoms with Gasteiger partial charge in [0.25, 0.3) is 0 Å². The Bertz CT molecular complexity index is 488. The van der Waals surface area contributed by atoms with Crippen molar-refractivity contribution >= 4 is 17.6 Å². The third kappa shape index (κ3) is 5.85. The van der Waals surface area contributed by atoms with Crippen molar-refractivity contribution in [1.82, 2.24) is 10.6 Å². The maximum atomic E-state index is 11.9. The molecular weight excluding hydrogens is 266 g/mol. The molecule has 0 saturated heterocycles. The molecule has 0 radical (unpaired) electrons. The first-order valence-corrected chi connectivity index (χ1v) is 7.43. The van der Waals surface area contributed by atoms with Crippen molar-refractivity contribution in [2.75, 3.05) is 5.32 Å². The third-order valence-corrected chi connectivity index (χ3v) is 3.34. The summed E-state index contributed by atoms with van der Waals surface area (Å²) in [4.78, 5) is 23.7. The number of carbonyl (C=O) groups excluding carboxylic acids is 2. The fourth-order valence-electron chi connectivity index (χ4n) is 1.77. The lowest BCUT2D eigenvalue weighted by molar-refractivity contribution is -0.123. The Labute approximate surface area is 126 Å². The van der Waals surface area contributed by atoms with Crippen LogP contribution in [-0.2, 0) is 11.2 Å². The Balaban J connectivity index is 2.50. The standard InChI is InChI=1S/C16H25N3O2/c1-5-11(3)17-15(20)12(4)18-16(21)19-14-9-7-8-13(6-2)10-14/h7-12H,5-6H2,1-4H3,(H,17,20)(H2,18,19,21)/t11-,12-/m1/s1. The number of anilines is 1. The summed E-state index contributed by atoms with van der Waals surface area (Å²) < 4.78 is 0. The second-order valence-corrected chi connectivity index (χ2v) is 5.19. The number of amides is 3. The summed E-state index contributed by atoms with van der Waals surface area (Å²) in [5, 5.41) is 8.21. The molecule has 1 rings (SSSR count). The van der Waals surface area contributed by atoms with Crippen LogP contribution in [0.2, 0.25) is 0 Å². The Morgan fingerprint density at radius 2 is 1.86 bits per heavy atom. The molecule has 0 aromatic heterocycles. The fraction of sp³-hybridized carbons (Fsp3) is 0.500. The highest BCUT2D eigenvalue weighted by atomic mass is 16.2. The van der Waals surface area contributed by atoms with Crippen LogP contribution < -0.4 is 16.0 Å². The van der Waals surface area contributed by atoms with Gasteiger partial charge in [0.15, 0.2) is 0 Å². The molecule has 3 amide bonds. The van der Waals surface area contributed by atoms with Gasteiger partial charge >= 0.3 is 6.03 Å². The molecular formula is C16H25N3O2. The van der Waals surface area contributed by atoms with Gasteiger partial charge in [-0.2, -0.15) is 0 Å². The van der Waals surface area contributed by atoms with Crippen LogP contribution in [0.15, 0.2) is 24.3 Å². The van der Waals surface area contributed by atoms with Crippen LogP contribution >= 0.6 is 0 Å². The van der Waals surface area contributed by atoms with E-state index >= 15 is 0 Å². The predicted molar refractivity (Wildman–Crippen MR) is 85.3 cm³/mol. The molecule has 1 aromatic carbocycles.